The minimum atomic E-state index is -0.129. The number of nitrogens with zero attached hydrogens (tertiary/aromatic N) is 8. The first-order valence-corrected chi connectivity index (χ1v) is 52.4. The van der Waals surface area contributed by atoms with Crippen LogP contribution in [0.15, 0.2) is 71.1 Å². The summed E-state index contributed by atoms with van der Waals surface area (Å²) in [6, 6.07) is 19.7. The fourth-order valence-corrected chi connectivity index (χ4v) is 26.4. The van der Waals surface area contributed by atoms with Gasteiger partial charge in [0.1, 0.15) is 11.0 Å². The van der Waals surface area contributed by atoms with Gasteiger partial charge in [-0.15, -0.1) is 45.3 Å². The van der Waals surface area contributed by atoms with E-state index in [1.165, 1.54) is 354 Å². The van der Waals surface area contributed by atoms with E-state index in [1.54, 1.807) is 0 Å². The molecular weight excluding hydrogens is 1580 g/mol. The molecular formula is C106H138N8O2S5. The summed E-state index contributed by atoms with van der Waals surface area (Å²) in [5, 5.41) is 23.9. The molecule has 121 heavy (non-hydrogen) atoms. The van der Waals surface area contributed by atoms with Crippen molar-refractivity contribution in [1.82, 2.24) is 17.9 Å². The number of aryl methyl sites for hydroxylation is 2. The second-order valence-corrected chi connectivity index (χ2v) is 40.4. The van der Waals surface area contributed by atoms with Gasteiger partial charge in [0.2, 0.25) is 0 Å². The van der Waals surface area contributed by atoms with E-state index in [9.17, 15) is 10.5 Å². The van der Waals surface area contributed by atoms with Crippen molar-refractivity contribution in [2.24, 2.45) is 11.8 Å². The Morgan fingerprint density at radius 2 is 0.653 bits per heavy atom. The summed E-state index contributed by atoms with van der Waals surface area (Å²) in [4.78, 5) is 40.1. The minimum Gasteiger partial charge on any atom is -0.337 e. The molecule has 0 fully saturated rings. The lowest BCUT2D eigenvalue weighted by atomic mass is 9.93. The molecule has 0 saturated carbocycles. The molecule has 12 rings (SSSR count). The number of rotatable bonds is 58. The first kappa shape index (κ1) is 92.8. The number of carbonyl (C=O) groups excluding carboxylic acids is 2. The molecule has 10 nitrogen and oxygen atoms in total. The molecule has 644 valence electrons. The minimum absolute atomic E-state index is 0.0475. The Bertz CT molecular complexity index is 5040. The zero-order valence-electron chi connectivity index (χ0n) is 74.5. The number of fused-ring (bicyclic) bond motifs is 16. The molecule has 7 heterocycles. The van der Waals surface area contributed by atoms with Gasteiger partial charge in [-0.2, -0.15) is 8.75 Å². The van der Waals surface area contributed by atoms with Gasteiger partial charge in [-0.25, -0.2) is 20.2 Å². The SMILES string of the molecule is [C-]#[N+]C(C#N)=C1/C(=C/c2sc3c(sc4c5c6nsnc6c6c7sc8c(CCCCCCCCCCC)c(/C=C9\C(=O)c%10ccccc%10\C9=C(\C#N)[N+]#[C-])sc8c7n(CC(CCCCCCCC)CCCCCCCCCC)c6c5n(CC(CCCCCCCC)CCCCCCCCCC)c34)c2CCCCCCCCCCC)C(=O)c2ccccc21. The molecule has 2 aliphatic carbocycles. The average molecular weight is 1720 g/mol. The van der Waals surface area contributed by atoms with E-state index in [0.717, 1.165) is 98.1 Å². The number of Topliss-reactive ketones (excluding diaryl/α,β-unsaturated/α-hetero) is 2. The maximum Gasteiger partial charge on any atom is 0.270 e. The highest BCUT2D eigenvalue weighted by Crippen LogP contribution is 2.57. The van der Waals surface area contributed by atoms with Gasteiger partial charge in [-0.1, -0.05) is 373 Å². The van der Waals surface area contributed by atoms with E-state index in [2.05, 4.69) is 84.7 Å². The lowest BCUT2D eigenvalue weighted by Crippen LogP contribution is -2.14. The van der Waals surface area contributed by atoms with Crippen molar-refractivity contribution in [2.75, 3.05) is 0 Å². The number of nitriles is 2. The van der Waals surface area contributed by atoms with Crippen LogP contribution in [0, 0.1) is 47.6 Å². The molecule has 0 saturated heterocycles. The van der Waals surface area contributed by atoms with Crippen molar-refractivity contribution in [3.63, 3.8) is 0 Å². The number of allylic oxidation sites excluding steroid dienone is 6. The average Bonchev–Trinajstić information content (AvgIpc) is 1.50. The fourth-order valence-electron chi connectivity index (χ4n) is 19.9. The van der Waals surface area contributed by atoms with Crippen molar-refractivity contribution in [2.45, 2.75) is 389 Å². The zero-order chi connectivity index (χ0) is 84.7. The Kier molecular flexibility index (Phi) is 37.4. The van der Waals surface area contributed by atoms with E-state index in [4.69, 9.17) is 21.9 Å². The topological polar surface area (TPSA) is 126 Å². The van der Waals surface area contributed by atoms with Crippen LogP contribution >= 0.6 is 57.1 Å². The molecule has 0 radical (unpaired) electrons. The van der Waals surface area contributed by atoms with Crippen LogP contribution in [0.4, 0.5) is 0 Å². The molecule has 2 aliphatic rings. The molecule has 0 bridgehead atoms. The largest absolute Gasteiger partial charge is 0.337 e. The Hall–Kier alpha value is -7.34. The van der Waals surface area contributed by atoms with Crippen molar-refractivity contribution >= 4 is 164 Å². The summed E-state index contributed by atoms with van der Waals surface area (Å²) in [5.74, 6) is 0.558. The summed E-state index contributed by atoms with van der Waals surface area (Å²) in [6.45, 7) is 32.4. The second kappa shape index (κ2) is 48.8. The highest BCUT2D eigenvalue weighted by atomic mass is 32.1. The Morgan fingerprint density at radius 3 is 0.942 bits per heavy atom. The van der Waals surface area contributed by atoms with E-state index in [0.29, 0.717) is 56.4 Å². The van der Waals surface area contributed by atoms with Crippen LogP contribution < -0.4 is 0 Å². The number of unbranched alkanes of at least 4 members (excludes halogenated alkanes) is 40. The molecule has 0 aliphatic heterocycles. The summed E-state index contributed by atoms with van der Waals surface area (Å²) in [7, 11) is 0. The second-order valence-electron chi connectivity index (χ2n) is 35.7. The highest BCUT2D eigenvalue weighted by molar-refractivity contribution is 7.34. The molecule has 0 amide bonds. The monoisotopic (exact) mass is 1710 g/mol. The van der Waals surface area contributed by atoms with Crippen molar-refractivity contribution in [1.29, 1.82) is 10.5 Å². The van der Waals surface area contributed by atoms with E-state index < -0.39 is 0 Å². The van der Waals surface area contributed by atoms with Gasteiger partial charge in [-0.3, -0.25) is 9.59 Å². The lowest BCUT2D eigenvalue weighted by Gasteiger charge is -2.22. The van der Waals surface area contributed by atoms with Gasteiger partial charge in [0.05, 0.1) is 87.3 Å². The molecule has 2 unspecified atom stereocenters. The van der Waals surface area contributed by atoms with Gasteiger partial charge in [-0.05, 0) is 97.6 Å². The van der Waals surface area contributed by atoms with Crippen molar-refractivity contribution < 1.29 is 9.59 Å². The van der Waals surface area contributed by atoms with Gasteiger partial charge >= 0.3 is 0 Å². The maximum atomic E-state index is 15.2. The predicted molar refractivity (Wildman–Crippen MR) is 525 cm³/mol. The van der Waals surface area contributed by atoms with Gasteiger partial charge < -0.3 is 9.13 Å². The van der Waals surface area contributed by atoms with Crippen LogP contribution in [-0.4, -0.2) is 29.4 Å². The van der Waals surface area contributed by atoms with E-state index in [-0.39, 0.29) is 23.0 Å². The van der Waals surface area contributed by atoms with Crippen molar-refractivity contribution in [3.8, 4) is 12.1 Å². The number of hydrogen-bond donors (Lipinski definition) is 0. The first-order chi connectivity index (χ1) is 59.6. The number of carbonyl (C=O) groups is 2. The van der Waals surface area contributed by atoms with Crippen molar-refractivity contribution in [3.05, 3.63) is 137 Å². The quantitative estimate of drug-likeness (QED) is 0.0162. The number of aromatic nitrogens is 4. The standard InChI is InChI=1S/C106H138N8O2S5/c1-9-15-21-27-33-37-41-47-53-67-81-87(69-83-89(85(71-107)109-7)77-63-55-57-65-79(77)99(83)115)117-105-97-103(119-101(81)105)91-93-94(112-121-111-93)92-96(95(91)113(97)73-75(59-49-43-31-25-19-13-5)61-51-45-39-35-29-23-17-11-3)114(74-76(60-50-44-32-26-20-14-6)62-52-46-40-36-30-24-18-12-4)98-104(92)120-102-82(68-54-48-42-38-34-28-22-16-10-2)88(118-106(98)102)70-84-90(86(72-108)110-8)78-64-56-58-66-80(78)100(84)116/h55-58,63-66,69-70,75-76H,9-54,59-62,67-68,73-74H2,1-6H3/b83-69-,84-70-,89-85+,90-86?. The molecule has 0 N–H and O–H groups in total. The third-order valence-corrected chi connectivity index (χ3v) is 32.3. The van der Waals surface area contributed by atoms with Gasteiger partial charge in [0, 0.05) is 67.0 Å². The third-order valence-electron chi connectivity index (χ3n) is 26.6. The number of ketones is 2. The predicted octanol–water partition coefficient (Wildman–Crippen LogP) is 35.3. The highest BCUT2D eigenvalue weighted by Gasteiger charge is 2.38. The number of thiophene rings is 4. The normalized spacial score (nSPS) is 15.0. The number of hydrogen-bond acceptors (Lipinski definition) is 11. The smallest absolute Gasteiger partial charge is 0.270 e. The van der Waals surface area contributed by atoms with Gasteiger partial charge in [0.25, 0.3) is 11.4 Å². The number of benzene rings is 3. The molecule has 3 aromatic carbocycles. The van der Waals surface area contributed by atoms with Crippen LogP contribution in [0.25, 0.3) is 105 Å². The Balaban J connectivity index is 1.14. The fraction of sp³-hybridized carbons (Fsp3) is 0.585. The Labute approximate surface area is 745 Å². The summed E-state index contributed by atoms with van der Waals surface area (Å²) < 4.78 is 24.6. The van der Waals surface area contributed by atoms with E-state index in [1.807, 2.05) is 93.9 Å². The zero-order valence-corrected chi connectivity index (χ0v) is 78.6. The molecule has 2 atom stereocenters. The molecule has 10 aromatic rings. The van der Waals surface area contributed by atoms with Crippen LogP contribution in [-0.2, 0) is 25.9 Å². The van der Waals surface area contributed by atoms with E-state index >= 15 is 9.59 Å². The molecule has 0 spiro atoms. The third kappa shape index (κ3) is 22.7. The van der Waals surface area contributed by atoms with Crippen LogP contribution in [0.1, 0.15) is 415 Å². The summed E-state index contributed by atoms with van der Waals surface area (Å²) >= 11 is 8.91. The van der Waals surface area contributed by atoms with Crippen LogP contribution in [0.3, 0.4) is 0 Å². The molecule has 15 heteroatoms. The lowest BCUT2D eigenvalue weighted by molar-refractivity contribution is 0.103. The summed E-state index contributed by atoms with van der Waals surface area (Å²) in [6.07, 6.45) is 68.0. The van der Waals surface area contributed by atoms with Crippen LogP contribution in [0.2, 0.25) is 0 Å². The first-order valence-electron chi connectivity index (χ1n) is 48.4. The van der Waals surface area contributed by atoms with Crippen LogP contribution in [0.5, 0.6) is 0 Å². The maximum absolute atomic E-state index is 15.2. The molecule has 7 aromatic heterocycles. The van der Waals surface area contributed by atoms with Gasteiger partial charge in [0.15, 0.2) is 11.6 Å². The Morgan fingerprint density at radius 1 is 0.372 bits per heavy atom. The summed E-state index contributed by atoms with van der Waals surface area (Å²) in [5.41, 5.74) is 13.7.